The third-order valence-corrected chi connectivity index (χ3v) is 4.69. The van der Waals surface area contributed by atoms with Crippen LogP contribution in [-0.4, -0.2) is 46.5 Å². The molecule has 3 aromatic heterocycles. The van der Waals surface area contributed by atoms with Crippen molar-refractivity contribution in [2.24, 2.45) is 10.7 Å². The molecule has 0 atom stereocenters. The predicted molar refractivity (Wildman–Crippen MR) is 113 cm³/mol. The normalized spacial score (nSPS) is 14.9. The zero-order chi connectivity index (χ0) is 19.3. The number of nitrogens with two attached hydrogens (primary N) is 1. The van der Waals surface area contributed by atoms with E-state index in [1.807, 2.05) is 24.3 Å². The molecule has 1 aliphatic heterocycles. The van der Waals surface area contributed by atoms with Crippen LogP contribution in [-0.2, 0) is 0 Å². The van der Waals surface area contributed by atoms with Crippen LogP contribution in [0.4, 0.5) is 17.3 Å². The van der Waals surface area contributed by atoms with E-state index in [1.54, 1.807) is 25.7 Å². The van der Waals surface area contributed by atoms with Crippen LogP contribution < -0.4 is 16.0 Å². The number of fused-ring (bicyclic) bond motifs is 1. The first-order valence-electron chi connectivity index (χ1n) is 9.23. The summed E-state index contributed by atoms with van der Waals surface area (Å²) >= 11 is 0. The average Bonchev–Trinajstić information content (AvgIpc) is 3.27. The van der Waals surface area contributed by atoms with E-state index in [2.05, 4.69) is 35.4 Å². The van der Waals surface area contributed by atoms with Gasteiger partial charge in [0, 0.05) is 56.0 Å². The van der Waals surface area contributed by atoms with Crippen molar-refractivity contribution in [2.75, 3.05) is 30.4 Å². The van der Waals surface area contributed by atoms with Crippen molar-refractivity contribution in [3.8, 4) is 0 Å². The van der Waals surface area contributed by atoms with Crippen LogP contribution in [0.15, 0.2) is 47.9 Å². The minimum Gasteiger partial charge on any atom is -0.404 e. The van der Waals surface area contributed by atoms with Gasteiger partial charge in [-0.3, -0.25) is 9.98 Å². The Kier molecular flexibility index (Phi) is 5.09. The maximum atomic E-state index is 5.70. The fourth-order valence-corrected chi connectivity index (χ4v) is 3.28. The molecule has 1 aliphatic rings. The second kappa shape index (κ2) is 7.99. The molecule has 3 aromatic rings. The number of aliphatic imine (C=N–C) groups is 1. The van der Waals surface area contributed by atoms with Gasteiger partial charge in [0.2, 0.25) is 0 Å². The van der Waals surface area contributed by atoms with Gasteiger partial charge in [0.15, 0.2) is 5.82 Å². The first-order chi connectivity index (χ1) is 13.8. The van der Waals surface area contributed by atoms with E-state index in [1.165, 1.54) is 19.0 Å². The number of aromatic nitrogens is 4. The van der Waals surface area contributed by atoms with Crippen molar-refractivity contribution in [1.29, 1.82) is 0 Å². The molecule has 0 amide bonds. The second-order valence-corrected chi connectivity index (χ2v) is 6.59. The van der Waals surface area contributed by atoms with Crippen molar-refractivity contribution in [1.82, 2.24) is 20.2 Å². The maximum Gasteiger partial charge on any atom is 0.156 e. The summed E-state index contributed by atoms with van der Waals surface area (Å²) < 4.78 is 0. The van der Waals surface area contributed by atoms with Gasteiger partial charge in [-0.1, -0.05) is 0 Å². The summed E-state index contributed by atoms with van der Waals surface area (Å²) in [5.74, 6) is 1.35. The lowest BCUT2D eigenvalue weighted by Crippen LogP contribution is -2.18. The Hall–Kier alpha value is -3.55. The van der Waals surface area contributed by atoms with Gasteiger partial charge in [-0.15, -0.1) is 5.10 Å². The molecule has 8 nitrogen and oxygen atoms in total. The number of allylic oxidation sites excluding steroid dienone is 1. The van der Waals surface area contributed by atoms with Crippen LogP contribution in [0.25, 0.3) is 16.6 Å². The highest BCUT2D eigenvalue weighted by Crippen LogP contribution is 2.23. The van der Waals surface area contributed by atoms with Crippen LogP contribution in [0.5, 0.6) is 0 Å². The summed E-state index contributed by atoms with van der Waals surface area (Å²) in [6, 6.07) is 7.75. The Morgan fingerprint density at radius 2 is 2.00 bits per heavy atom. The Morgan fingerprint density at radius 3 is 2.79 bits per heavy atom. The van der Waals surface area contributed by atoms with Crippen molar-refractivity contribution in [3.05, 3.63) is 48.4 Å². The first-order valence-corrected chi connectivity index (χ1v) is 9.23. The van der Waals surface area contributed by atoms with E-state index in [0.29, 0.717) is 11.6 Å². The van der Waals surface area contributed by atoms with E-state index in [0.717, 1.165) is 40.9 Å². The van der Waals surface area contributed by atoms with E-state index < -0.39 is 0 Å². The monoisotopic (exact) mass is 374 g/mol. The zero-order valence-corrected chi connectivity index (χ0v) is 15.7. The molecule has 0 radical (unpaired) electrons. The van der Waals surface area contributed by atoms with Gasteiger partial charge < -0.3 is 16.0 Å². The molecule has 28 heavy (non-hydrogen) atoms. The van der Waals surface area contributed by atoms with Gasteiger partial charge in [-0.05, 0) is 31.0 Å². The molecule has 0 unspecified atom stereocenters. The highest BCUT2D eigenvalue weighted by molar-refractivity contribution is 6.10. The number of hydrogen-bond donors (Lipinski definition) is 2. The van der Waals surface area contributed by atoms with Crippen LogP contribution in [0.2, 0.25) is 0 Å². The van der Waals surface area contributed by atoms with Crippen molar-refractivity contribution < 1.29 is 0 Å². The molecule has 0 saturated carbocycles. The largest absolute Gasteiger partial charge is 0.404 e. The summed E-state index contributed by atoms with van der Waals surface area (Å²) in [6.45, 7) is 2.12. The SMILES string of the molecule is CN=CC(=CN)c1cnc2ccc(Nc3cc(N4CCCC4)cnn3)nc2c1. The highest BCUT2D eigenvalue weighted by atomic mass is 15.2. The first kappa shape index (κ1) is 17.8. The minimum atomic E-state index is 0.668. The molecule has 142 valence electrons. The molecule has 0 aromatic carbocycles. The number of rotatable bonds is 5. The third kappa shape index (κ3) is 3.75. The lowest BCUT2D eigenvalue weighted by Gasteiger charge is -2.17. The topological polar surface area (TPSA) is 105 Å². The Bertz CT molecular complexity index is 1040. The van der Waals surface area contributed by atoms with Crippen LogP contribution in [0.1, 0.15) is 18.4 Å². The summed E-state index contributed by atoms with van der Waals surface area (Å²) in [4.78, 5) is 15.5. The maximum absolute atomic E-state index is 5.70. The number of pyridine rings is 2. The van der Waals surface area contributed by atoms with E-state index >= 15 is 0 Å². The molecule has 4 rings (SSSR count). The molecule has 0 aliphatic carbocycles. The lowest BCUT2D eigenvalue weighted by atomic mass is 10.1. The molecule has 1 saturated heterocycles. The van der Waals surface area contributed by atoms with Crippen LogP contribution >= 0.6 is 0 Å². The molecule has 1 fully saturated rings. The van der Waals surface area contributed by atoms with Gasteiger partial charge in [0.05, 0.1) is 22.9 Å². The number of anilines is 3. The van der Waals surface area contributed by atoms with Crippen LogP contribution in [0, 0.1) is 0 Å². The van der Waals surface area contributed by atoms with Gasteiger partial charge in [-0.2, -0.15) is 5.10 Å². The van der Waals surface area contributed by atoms with Crippen molar-refractivity contribution in [3.63, 3.8) is 0 Å². The van der Waals surface area contributed by atoms with E-state index in [4.69, 9.17) is 5.73 Å². The zero-order valence-electron chi connectivity index (χ0n) is 15.7. The Labute approximate surface area is 163 Å². The summed E-state index contributed by atoms with van der Waals surface area (Å²) in [7, 11) is 1.70. The highest BCUT2D eigenvalue weighted by Gasteiger charge is 2.13. The second-order valence-electron chi connectivity index (χ2n) is 6.59. The minimum absolute atomic E-state index is 0.668. The molecule has 8 heteroatoms. The number of nitrogens with one attached hydrogen (secondary N) is 1. The molecular weight excluding hydrogens is 352 g/mol. The van der Waals surface area contributed by atoms with Gasteiger partial charge in [-0.25, -0.2) is 4.98 Å². The smallest absolute Gasteiger partial charge is 0.156 e. The number of nitrogens with zero attached hydrogens (tertiary/aromatic N) is 6. The number of hydrogen-bond acceptors (Lipinski definition) is 8. The lowest BCUT2D eigenvalue weighted by molar-refractivity contribution is 0.939. The van der Waals surface area contributed by atoms with Crippen LogP contribution in [0.3, 0.4) is 0 Å². The van der Waals surface area contributed by atoms with Gasteiger partial charge in [0.25, 0.3) is 0 Å². The fourth-order valence-electron chi connectivity index (χ4n) is 3.28. The average molecular weight is 374 g/mol. The Morgan fingerprint density at radius 1 is 1.14 bits per heavy atom. The third-order valence-electron chi connectivity index (χ3n) is 4.69. The van der Waals surface area contributed by atoms with Crippen molar-refractivity contribution >= 4 is 40.1 Å². The van der Waals surface area contributed by atoms with Gasteiger partial charge in [0.1, 0.15) is 5.82 Å². The quantitative estimate of drug-likeness (QED) is 0.662. The van der Waals surface area contributed by atoms with E-state index in [9.17, 15) is 0 Å². The standard InChI is InChI=1S/C20H22N8/c1-22-11-15(10-21)14-8-18-17(23-12-14)4-5-19(25-18)26-20-9-16(13-24-27-20)28-6-2-3-7-28/h4-5,8-13H,2-3,6-7,21H2,1H3,(H,25,26,27). The fraction of sp³-hybridized carbons (Fsp3) is 0.250. The molecule has 0 bridgehead atoms. The molecule has 3 N–H and O–H groups in total. The van der Waals surface area contributed by atoms with Crippen molar-refractivity contribution in [2.45, 2.75) is 12.8 Å². The van der Waals surface area contributed by atoms with E-state index in [-0.39, 0.29) is 0 Å². The summed E-state index contributed by atoms with van der Waals surface area (Å²) in [6.07, 6.45) is 9.21. The molecular formula is C20H22N8. The summed E-state index contributed by atoms with van der Waals surface area (Å²) in [5.41, 5.74) is 10.00. The summed E-state index contributed by atoms with van der Waals surface area (Å²) in [5, 5.41) is 11.6. The Balaban J connectivity index is 1.61. The molecule has 0 spiro atoms. The molecule has 4 heterocycles. The predicted octanol–water partition coefficient (Wildman–Crippen LogP) is 2.76. The van der Waals surface area contributed by atoms with Gasteiger partial charge >= 0.3 is 0 Å².